The van der Waals surface area contributed by atoms with Crippen molar-refractivity contribution in [1.82, 2.24) is 19.5 Å². The number of hydrogen-bond donors (Lipinski definition) is 0. The Bertz CT molecular complexity index is 1490. The standard InChI is InChI=1S/C25H26N4O10/c1-12(30)36-9-18-22(37-13(2)31)23(38-14(3)32)25(39-18)29-11-28-20-19(26-10-27-24(20)29)21(33)16-8-15(34-4)6-7-17(16)35-5/h6-8,10-11,18,22-23,25H,9H2,1-5H3/t18-,22-,23-,25?/m1/s1/i1D,2D,3D. The molecule has 1 saturated heterocycles. The van der Waals surface area contributed by atoms with Gasteiger partial charge in [-0.15, -0.1) is 0 Å². The number of carbonyl (C=O) groups excluding carboxylic acids is 4. The van der Waals surface area contributed by atoms with Gasteiger partial charge in [0.15, 0.2) is 24.1 Å². The van der Waals surface area contributed by atoms with Gasteiger partial charge in [0.2, 0.25) is 5.78 Å². The molecule has 0 spiro atoms. The van der Waals surface area contributed by atoms with Crippen LogP contribution >= 0.6 is 0 Å². The average molecular weight is 546 g/mol. The lowest BCUT2D eigenvalue weighted by atomic mass is 10.1. The molecule has 0 radical (unpaired) electrons. The Morgan fingerprint density at radius 2 is 1.72 bits per heavy atom. The quantitative estimate of drug-likeness (QED) is 0.215. The van der Waals surface area contributed by atoms with Crippen LogP contribution in [0.1, 0.15) is 47.1 Å². The zero-order valence-corrected chi connectivity index (χ0v) is 20.9. The Labute approximate surface area is 226 Å². The first-order valence-electron chi connectivity index (χ1n) is 13.4. The molecule has 14 nitrogen and oxygen atoms in total. The summed E-state index contributed by atoms with van der Waals surface area (Å²) in [6.07, 6.45) is -2.91. The highest BCUT2D eigenvalue weighted by Crippen LogP contribution is 2.36. The number of hydrogen-bond acceptors (Lipinski definition) is 13. The van der Waals surface area contributed by atoms with Gasteiger partial charge in [-0.05, 0) is 18.2 Å². The highest BCUT2D eigenvalue weighted by atomic mass is 16.7. The van der Waals surface area contributed by atoms with Crippen molar-refractivity contribution in [3.05, 3.63) is 42.1 Å². The largest absolute Gasteiger partial charge is 0.497 e. The minimum absolute atomic E-state index is 0.0466. The fourth-order valence-electron chi connectivity index (χ4n) is 4.14. The molecule has 2 aromatic heterocycles. The average Bonchev–Trinajstić information content (AvgIpc) is 3.59. The first-order valence-corrected chi connectivity index (χ1v) is 11.3. The third kappa shape index (κ3) is 5.65. The van der Waals surface area contributed by atoms with Crippen LogP contribution in [0.5, 0.6) is 11.5 Å². The van der Waals surface area contributed by atoms with E-state index in [0.717, 1.165) is 6.33 Å². The Morgan fingerprint density at radius 1 is 0.974 bits per heavy atom. The summed E-state index contributed by atoms with van der Waals surface area (Å²) in [6.45, 7) is -2.70. The summed E-state index contributed by atoms with van der Waals surface area (Å²) in [5.74, 6) is -2.74. The topological polar surface area (TPSA) is 167 Å². The summed E-state index contributed by atoms with van der Waals surface area (Å²) in [5.41, 5.74) is 0.164. The van der Waals surface area contributed by atoms with Crippen LogP contribution in [-0.4, -0.2) is 82.3 Å². The number of ether oxygens (including phenoxy) is 6. The van der Waals surface area contributed by atoms with Gasteiger partial charge in [0.1, 0.15) is 41.7 Å². The first-order chi connectivity index (χ1) is 20.3. The van der Waals surface area contributed by atoms with Crippen molar-refractivity contribution in [3.63, 3.8) is 0 Å². The van der Waals surface area contributed by atoms with Crippen molar-refractivity contribution in [2.24, 2.45) is 0 Å². The number of methoxy groups -OCH3 is 2. The summed E-state index contributed by atoms with van der Waals surface area (Å²) in [5, 5.41) is 0. The predicted molar refractivity (Wildman–Crippen MR) is 130 cm³/mol. The van der Waals surface area contributed by atoms with E-state index in [9.17, 15) is 19.2 Å². The van der Waals surface area contributed by atoms with E-state index in [2.05, 4.69) is 15.0 Å². The van der Waals surface area contributed by atoms with E-state index in [-0.39, 0.29) is 28.2 Å². The van der Waals surface area contributed by atoms with Crippen molar-refractivity contribution < 1.29 is 51.7 Å². The maximum atomic E-state index is 13.6. The molecule has 39 heavy (non-hydrogen) atoms. The molecule has 1 aliphatic heterocycles. The molecule has 0 bridgehead atoms. The summed E-state index contributed by atoms with van der Waals surface area (Å²) in [7, 11) is 2.85. The zero-order chi connectivity index (χ0) is 30.4. The van der Waals surface area contributed by atoms with Crippen molar-refractivity contribution in [1.29, 1.82) is 0 Å². The molecule has 1 aliphatic rings. The van der Waals surface area contributed by atoms with Crippen molar-refractivity contribution in [2.45, 2.75) is 45.2 Å². The minimum atomic E-state index is -1.40. The Morgan fingerprint density at radius 3 is 2.41 bits per heavy atom. The van der Waals surface area contributed by atoms with Crippen LogP contribution in [0.2, 0.25) is 0 Å². The summed E-state index contributed by atoms with van der Waals surface area (Å²) < 4.78 is 55.5. The lowest BCUT2D eigenvalue weighted by Gasteiger charge is -2.23. The summed E-state index contributed by atoms with van der Waals surface area (Å²) in [4.78, 5) is 62.2. The Kier molecular flexibility index (Phi) is 6.89. The first kappa shape index (κ1) is 23.5. The number of fused-ring (bicyclic) bond motifs is 1. The molecule has 0 saturated carbocycles. The van der Waals surface area contributed by atoms with Gasteiger partial charge in [0, 0.05) is 24.8 Å². The van der Waals surface area contributed by atoms with Crippen molar-refractivity contribution >= 4 is 34.9 Å². The predicted octanol–water partition coefficient (Wildman–Crippen LogP) is 1.40. The molecule has 4 rings (SSSR count). The van der Waals surface area contributed by atoms with Gasteiger partial charge in [0.05, 0.1) is 26.1 Å². The lowest BCUT2D eigenvalue weighted by Crippen LogP contribution is -2.40. The van der Waals surface area contributed by atoms with Gasteiger partial charge >= 0.3 is 17.9 Å². The van der Waals surface area contributed by atoms with Crippen LogP contribution in [0.15, 0.2) is 30.9 Å². The number of benzene rings is 1. The van der Waals surface area contributed by atoms with Crippen molar-refractivity contribution in [2.75, 3.05) is 20.8 Å². The van der Waals surface area contributed by atoms with Gasteiger partial charge in [-0.3, -0.25) is 23.7 Å². The van der Waals surface area contributed by atoms with Gasteiger partial charge in [-0.1, -0.05) is 0 Å². The van der Waals surface area contributed by atoms with Gasteiger partial charge in [-0.25, -0.2) is 15.0 Å². The third-order valence-corrected chi connectivity index (χ3v) is 5.73. The monoisotopic (exact) mass is 545 g/mol. The molecule has 1 unspecified atom stereocenters. The van der Waals surface area contributed by atoms with E-state index in [1.165, 1.54) is 31.2 Å². The molecule has 0 N–H and O–H groups in total. The van der Waals surface area contributed by atoms with Gasteiger partial charge in [-0.2, -0.15) is 0 Å². The van der Waals surface area contributed by atoms with Crippen LogP contribution in [0, 0.1) is 0 Å². The second-order valence-electron chi connectivity index (χ2n) is 8.10. The zero-order valence-electron chi connectivity index (χ0n) is 23.9. The molecule has 3 aromatic rings. The van der Waals surface area contributed by atoms with E-state index < -0.39 is 75.5 Å². The lowest BCUT2D eigenvalue weighted by molar-refractivity contribution is -0.166. The maximum Gasteiger partial charge on any atom is 0.303 e. The molecular weight excluding hydrogens is 516 g/mol. The SMILES string of the molecule is [2H]CC(=O)OC[C@H]1OC(n2cnc3c(C(=O)c4cc(OC)ccc4OC)ncnc32)[C@H](OC(=O)C[2H])[C@@H]1OC(=O)C[2H]. The van der Waals surface area contributed by atoms with Gasteiger partial charge < -0.3 is 28.4 Å². The number of carbonyl (C=O) groups is 4. The molecule has 0 aliphatic carbocycles. The molecule has 206 valence electrons. The highest BCUT2D eigenvalue weighted by Gasteiger charge is 2.51. The van der Waals surface area contributed by atoms with Crippen LogP contribution in [0.4, 0.5) is 0 Å². The second-order valence-corrected chi connectivity index (χ2v) is 8.10. The molecule has 14 heteroatoms. The number of esters is 3. The maximum absolute atomic E-state index is 13.6. The second kappa shape index (κ2) is 11.4. The third-order valence-electron chi connectivity index (χ3n) is 5.73. The number of ketones is 1. The summed E-state index contributed by atoms with van der Waals surface area (Å²) >= 11 is 0. The molecule has 3 heterocycles. The Hall–Kier alpha value is -4.59. The van der Waals surface area contributed by atoms with Crippen LogP contribution < -0.4 is 9.47 Å². The summed E-state index contributed by atoms with van der Waals surface area (Å²) in [6, 6.07) is 4.67. The van der Waals surface area contributed by atoms with E-state index in [1.54, 1.807) is 12.1 Å². The van der Waals surface area contributed by atoms with E-state index >= 15 is 0 Å². The molecular formula is C25H26N4O10. The molecule has 0 amide bonds. The number of rotatable bonds is 9. The van der Waals surface area contributed by atoms with Gasteiger partial charge in [0.25, 0.3) is 0 Å². The van der Waals surface area contributed by atoms with Crippen LogP contribution in [0.25, 0.3) is 11.2 Å². The van der Waals surface area contributed by atoms with Crippen LogP contribution in [-0.2, 0) is 33.3 Å². The fourth-order valence-corrected chi connectivity index (χ4v) is 4.14. The fraction of sp³-hybridized carbons (Fsp3) is 0.400. The van der Waals surface area contributed by atoms with E-state index in [0.29, 0.717) is 5.75 Å². The number of imidazole rings is 1. The normalized spacial score (nSPS) is 21.3. The van der Waals surface area contributed by atoms with E-state index in [4.69, 9.17) is 32.5 Å². The molecule has 1 aromatic carbocycles. The minimum Gasteiger partial charge on any atom is -0.497 e. The smallest absolute Gasteiger partial charge is 0.303 e. The van der Waals surface area contributed by atoms with Crippen molar-refractivity contribution in [3.8, 4) is 11.5 Å². The highest BCUT2D eigenvalue weighted by molar-refractivity contribution is 6.14. The Balaban J connectivity index is 1.77. The molecule has 4 atom stereocenters. The van der Waals surface area contributed by atoms with Crippen LogP contribution in [0.3, 0.4) is 0 Å². The van der Waals surface area contributed by atoms with E-state index in [1.807, 2.05) is 0 Å². The number of aromatic nitrogens is 4. The molecule has 1 fully saturated rings. The number of nitrogens with zero attached hydrogens (tertiary/aromatic N) is 4.